The number of piperidine rings is 1. The Morgan fingerprint density at radius 3 is 2.88 bits per heavy atom. The molecule has 0 aliphatic carbocycles. The number of hydrogen-bond acceptors (Lipinski definition) is 5. The van der Waals surface area contributed by atoms with E-state index in [2.05, 4.69) is 17.0 Å². The Labute approximate surface area is 153 Å². The number of aryl methyl sites for hydroxylation is 1. The van der Waals surface area contributed by atoms with Gasteiger partial charge in [0, 0.05) is 45.0 Å². The van der Waals surface area contributed by atoms with Gasteiger partial charge in [-0.05, 0) is 32.6 Å². The molecule has 0 saturated carbocycles. The highest BCUT2D eigenvalue weighted by Gasteiger charge is 2.31. The number of rotatable bonds is 4. The first-order valence-corrected chi connectivity index (χ1v) is 9.54. The normalized spacial score (nSPS) is 21.9. The lowest BCUT2D eigenvalue weighted by atomic mass is 9.93. The molecule has 0 spiro atoms. The summed E-state index contributed by atoms with van der Waals surface area (Å²) < 4.78 is 9.24. The summed E-state index contributed by atoms with van der Waals surface area (Å²) in [5.74, 6) is 0.405. The lowest BCUT2D eigenvalue weighted by molar-refractivity contribution is 0.0662. The molecule has 8 heteroatoms. The van der Waals surface area contributed by atoms with Crippen LogP contribution in [0.5, 0.6) is 0 Å². The molecule has 1 unspecified atom stereocenters. The van der Waals surface area contributed by atoms with Crippen LogP contribution >= 0.6 is 0 Å². The molecule has 0 N–H and O–H groups in total. The maximum absolute atomic E-state index is 13.3. The first kappa shape index (κ1) is 17.2. The van der Waals surface area contributed by atoms with E-state index < -0.39 is 0 Å². The number of aromatic nitrogens is 5. The summed E-state index contributed by atoms with van der Waals surface area (Å²) in [5, 5.41) is 8.98. The standard InChI is InChI=1S/C18H26N6O2/c1-2-23-11-16(17(21-23)14-5-8-26-9-6-14)18(25)22-7-3-4-15(10-22)24-13-19-12-20-24/h11-15H,2-10H2,1H3. The number of carbonyl (C=O) groups excluding carboxylic acids is 1. The van der Waals surface area contributed by atoms with Gasteiger partial charge in [0.1, 0.15) is 12.7 Å². The average molecular weight is 358 g/mol. The van der Waals surface area contributed by atoms with Crippen molar-refractivity contribution >= 4 is 5.91 Å². The SMILES string of the molecule is CCn1cc(C(=O)N2CCCC(n3cncn3)C2)c(C2CCOCC2)n1. The molecule has 4 rings (SSSR count). The number of ether oxygens (including phenoxy) is 1. The minimum Gasteiger partial charge on any atom is -0.381 e. The van der Waals surface area contributed by atoms with Crippen molar-refractivity contribution in [3.05, 3.63) is 30.1 Å². The van der Waals surface area contributed by atoms with Crippen LogP contribution in [0.3, 0.4) is 0 Å². The summed E-state index contributed by atoms with van der Waals surface area (Å²) in [5.41, 5.74) is 1.71. The van der Waals surface area contributed by atoms with Crippen molar-refractivity contribution in [2.45, 2.75) is 51.1 Å². The molecule has 0 bridgehead atoms. The van der Waals surface area contributed by atoms with Crippen molar-refractivity contribution in [3.63, 3.8) is 0 Å². The zero-order valence-corrected chi connectivity index (χ0v) is 15.3. The van der Waals surface area contributed by atoms with Gasteiger partial charge in [-0.25, -0.2) is 9.67 Å². The van der Waals surface area contributed by atoms with Crippen molar-refractivity contribution in [2.24, 2.45) is 0 Å². The van der Waals surface area contributed by atoms with Crippen LogP contribution in [-0.2, 0) is 11.3 Å². The quantitative estimate of drug-likeness (QED) is 0.834. The summed E-state index contributed by atoms with van der Waals surface area (Å²) in [6.45, 7) is 5.77. The second-order valence-corrected chi connectivity index (χ2v) is 7.09. The monoisotopic (exact) mass is 358 g/mol. The third-order valence-corrected chi connectivity index (χ3v) is 5.45. The van der Waals surface area contributed by atoms with E-state index in [1.807, 2.05) is 20.5 Å². The van der Waals surface area contributed by atoms with Crippen LogP contribution in [0.15, 0.2) is 18.9 Å². The highest BCUT2D eigenvalue weighted by atomic mass is 16.5. The lowest BCUT2D eigenvalue weighted by Crippen LogP contribution is -2.41. The molecule has 2 fully saturated rings. The molecule has 2 aliphatic heterocycles. The van der Waals surface area contributed by atoms with E-state index in [9.17, 15) is 4.79 Å². The summed E-state index contributed by atoms with van der Waals surface area (Å²) in [7, 11) is 0. The zero-order chi connectivity index (χ0) is 17.9. The molecule has 4 heterocycles. The van der Waals surface area contributed by atoms with Gasteiger partial charge in [-0.1, -0.05) is 0 Å². The van der Waals surface area contributed by atoms with Gasteiger partial charge in [0.05, 0.1) is 17.3 Å². The fourth-order valence-electron chi connectivity index (χ4n) is 3.97. The highest BCUT2D eigenvalue weighted by Crippen LogP contribution is 2.30. The molecule has 8 nitrogen and oxygen atoms in total. The Balaban J connectivity index is 1.56. The predicted molar refractivity (Wildman–Crippen MR) is 94.9 cm³/mol. The van der Waals surface area contributed by atoms with Crippen molar-refractivity contribution in [3.8, 4) is 0 Å². The van der Waals surface area contributed by atoms with Crippen LogP contribution in [0.25, 0.3) is 0 Å². The number of hydrogen-bond donors (Lipinski definition) is 0. The third-order valence-electron chi connectivity index (χ3n) is 5.45. The molecule has 2 aromatic rings. The van der Waals surface area contributed by atoms with Crippen LogP contribution in [0.2, 0.25) is 0 Å². The molecule has 1 atom stereocenters. The Morgan fingerprint density at radius 2 is 2.15 bits per heavy atom. The van der Waals surface area contributed by atoms with Gasteiger partial charge in [-0.15, -0.1) is 0 Å². The Hall–Kier alpha value is -2.22. The summed E-state index contributed by atoms with van der Waals surface area (Å²) >= 11 is 0. The molecule has 2 aromatic heterocycles. The minimum atomic E-state index is 0.0935. The first-order chi connectivity index (χ1) is 12.8. The van der Waals surface area contributed by atoms with E-state index >= 15 is 0 Å². The van der Waals surface area contributed by atoms with Gasteiger partial charge in [0.15, 0.2) is 0 Å². The molecule has 0 radical (unpaired) electrons. The van der Waals surface area contributed by atoms with Crippen LogP contribution in [-0.4, -0.2) is 61.7 Å². The van der Waals surface area contributed by atoms with E-state index in [0.29, 0.717) is 12.5 Å². The van der Waals surface area contributed by atoms with Crippen LogP contribution in [0.1, 0.15) is 60.6 Å². The van der Waals surface area contributed by atoms with Crippen molar-refractivity contribution < 1.29 is 9.53 Å². The second-order valence-electron chi connectivity index (χ2n) is 7.09. The predicted octanol–water partition coefficient (Wildman–Crippen LogP) is 1.87. The van der Waals surface area contributed by atoms with Crippen LogP contribution in [0.4, 0.5) is 0 Å². The molecule has 0 aromatic carbocycles. The first-order valence-electron chi connectivity index (χ1n) is 9.54. The topological polar surface area (TPSA) is 78.1 Å². The van der Waals surface area contributed by atoms with E-state index in [1.165, 1.54) is 0 Å². The van der Waals surface area contributed by atoms with E-state index in [4.69, 9.17) is 9.84 Å². The second kappa shape index (κ2) is 7.57. The van der Waals surface area contributed by atoms with E-state index in [0.717, 1.165) is 63.2 Å². The fourth-order valence-corrected chi connectivity index (χ4v) is 3.97. The maximum atomic E-state index is 13.3. The molecule has 2 aliphatic rings. The fraction of sp³-hybridized carbons (Fsp3) is 0.667. The van der Waals surface area contributed by atoms with Crippen LogP contribution in [0, 0.1) is 0 Å². The van der Waals surface area contributed by atoms with Gasteiger partial charge >= 0.3 is 0 Å². The zero-order valence-electron chi connectivity index (χ0n) is 15.3. The largest absolute Gasteiger partial charge is 0.381 e. The number of carbonyl (C=O) groups is 1. The van der Waals surface area contributed by atoms with Gasteiger partial charge in [0.2, 0.25) is 0 Å². The van der Waals surface area contributed by atoms with Crippen molar-refractivity contribution in [1.29, 1.82) is 0 Å². The third kappa shape index (κ3) is 3.38. The Bertz CT molecular complexity index is 735. The van der Waals surface area contributed by atoms with Crippen molar-refractivity contribution in [1.82, 2.24) is 29.4 Å². The summed E-state index contributed by atoms with van der Waals surface area (Å²) in [4.78, 5) is 19.3. The number of likely N-dealkylation sites (tertiary alicyclic amines) is 1. The smallest absolute Gasteiger partial charge is 0.257 e. The molecular weight excluding hydrogens is 332 g/mol. The summed E-state index contributed by atoms with van der Waals surface area (Å²) in [6.07, 6.45) is 9.08. The molecule has 140 valence electrons. The van der Waals surface area contributed by atoms with E-state index in [-0.39, 0.29) is 11.9 Å². The average Bonchev–Trinajstić information content (AvgIpc) is 3.38. The highest BCUT2D eigenvalue weighted by molar-refractivity contribution is 5.95. The Morgan fingerprint density at radius 1 is 1.31 bits per heavy atom. The number of nitrogens with zero attached hydrogens (tertiary/aromatic N) is 6. The Kier molecular flexibility index (Phi) is 5.01. The summed E-state index contributed by atoms with van der Waals surface area (Å²) in [6, 6.07) is 0.197. The lowest BCUT2D eigenvalue weighted by Gasteiger charge is -2.33. The van der Waals surface area contributed by atoms with Gasteiger partial charge < -0.3 is 9.64 Å². The number of amides is 1. The van der Waals surface area contributed by atoms with Gasteiger partial charge in [0.25, 0.3) is 5.91 Å². The van der Waals surface area contributed by atoms with Crippen LogP contribution < -0.4 is 0 Å². The molecule has 2 saturated heterocycles. The van der Waals surface area contributed by atoms with Gasteiger partial charge in [-0.3, -0.25) is 9.48 Å². The maximum Gasteiger partial charge on any atom is 0.257 e. The van der Waals surface area contributed by atoms with Crippen molar-refractivity contribution in [2.75, 3.05) is 26.3 Å². The minimum absolute atomic E-state index is 0.0935. The molecular formula is C18H26N6O2. The van der Waals surface area contributed by atoms with E-state index in [1.54, 1.807) is 12.7 Å². The molecule has 1 amide bonds. The molecule has 26 heavy (non-hydrogen) atoms. The van der Waals surface area contributed by atoms with Gasteiger partial charge in [-0.2, -0.15) is 10.2 Å².